The van der Waals surface area contributed by atoms with Crippen LogP contribution in [-0.2, 0) is 10.5 Å². The molecular formula is C22H28N2O2S. The van der Waals surface area contributed by atoms with Crippen LogP contribution in [0.1, 0.15) is 48.5 Å². The second-order valence-corrected chi connectivity index (χ2v) is 8.15. The maximum atomic E-state index is 12.3. The van der Waals surface area contributed by atoms with Gasteiger partial charge in [-0.15, -0.1) is 11.8 Å². The molecule has 1 saturated carbocycles. The van der Waals surface area contributed by atoms with Gasteiger partial charge in [0.15, 0.2) is 0 Å². The van der Waals surface area contributed by atoms with Crippen LogP contribution in [0.2, 0.25) is 0 Å². The second kappa shape index (κ2) is 10.5. The van der Waals surface area contributed by atoms with Crippen molar-refractivity contribution in [1.29, 1.82) is 0 Å². The molecule has 2 aromatic rings. The molecule has 1 aromatic heterocycles. The average Bonchev–Trinajstić information content (AvgIpc) is 2.72. The molecule has 0 aliphatic heterocycles. The Bertz CT molecular complexity index is 706. The van der Waals surface area contributed by atoms with Gasteiger partial charge in [-0.3, -0.25) is 9.78 Å². The molecule has 2 atom stereocenters. The molecular weight excluding hydrogens is 356 g/mol. The van der Waals surface area contributed by atoms with Crippen molar-refractivity contribution in [3.8, 4) is 0 Å². The minimum Gasteiger partial charge on any atom is -0.376 e. The van der Waals surface area contributed by atoms with Crippen molar-refractivity contribution < 1.29 is 9.53 Å². The van der Waals surface area contributed by atoms with Crippen molar-refractivity contribution in [3.05, 3.63) is 59.9 Å². The van der Waals surface area contributed by atoms with E-state index in [9.17, 15) is 4.79 Å². The number of aromatic nitrogens is 1. The fourth-order valence-corrected chi connectivity index (χ4v) is 4.19. The van der Waals surface area contributed by atoms with Gasteiger partial charge in [0.05, 0.1) is 12.7 Å². The summed E-state index contributed by atoms with van der Waals surface area (Å²) < 4.78 is 5.95. The Kier molecular flexibility index (Phi) is 7.72. The van der Waals surface area contributed by atoms with Gasteiger partial charge in [-0.25, -0.2) is 0 Å². The van der Waals surface area contributed by atoms with Crippen LogP contribution in [-0.4, -0.2) is 30.1 Å². The summed E-state index contributed by atoms with van der Waals surface area (Å²) in [6.45, 7) is 3.40. The molecule has 4 nitrogen and oxygen atoms in total. The number of ether oxygens (including phenoxy) is 1. The molecule has 0 spiro atoms. The summed E-state index contributed by atoms with van der Waals surface area (Å²) in [5.41, 5.74) is 1.88. The molecule has 27 heavy (non-hydrogen) atoms. The summed E-state index contributed by atoms with van der Waals surface area (Å²) in [6.07, 6.45) is 8.98. The first-order valence-corrected chi connectivity index (χ1v) is 10.7. The van der Waals surface area contributed by atoms with Crippen LogP contribution in [0.3, 0.4) is 0 Å². The fourth-order valence-electron chi connectivity index (χ4n) is 3.36. The smallest absolute Gasteiger partial charge is 0.251 e. The number of nitrogens with one attached hydrogen (secondary N) is 1. The molecule has 0 radical (unpaired) electrons. The first-order valence-electron chi connectivity index (χ1n) is 9.74. The van der Waals surface area contributed by atoms with Gasteiger partial charge in [0.1, 0.15) is 0 Å². The summed E-state index contributed by atoms with van der Waals surface area (Å²) in [7, 11) is 0. The van der Waals surface area contributed by atoms with E-state index in [4.69, 9.17) is 4.74 Å². The predicted octanol–water partition coefficient (Wildman–Crippen LogP) is 4.70. The van der Waals surface area contributed by atoms with Crippen LogP contribution in [0.25, 0.3) is 0 Å². The highest BCUT2D eigenvalue weighted by Crippen LogP contribution is 2.26. The third-order valence-corrected chi connectivity index (χ3v) is 6.08. The Hall–Kier alpha value is -1.85. The molecule has 0 bridgehead atoms. The SMILES string of the molecule is C[C@@H]1CCCC[C@H]1OCCNC(=O)c1ccc(SCc2cccnc2)cc1. The summed E-state index contributed by atoms with van der Waals surface area (Å²) in [5.74, 6) is 1.46. The number of thioether (sulfide) groups is 1. The normalized spacial score (nSPS) is 19.6. The lowest BCUT2D eigenvalue weighted by atomic mass is 9.88. The Morgan fingerprint density at radius 2 is 2.04 bits per heavy atom. The zero-order valence-electron chi connectivity index (χ0n) is 15.9. The molecule has 0 unspecified atom stereocenters. The van der Waals surface area contributed by atoms with Crippen LogP contribution >= 0.6 is 11.8 Å². The summed E-state index contributed by atoms with van der Waals surface area (Å²) in [4.78, 5) is 17.5. The Morgan fingerprint density at radius 3 is 2.78 bits per heavy atom. The Balaban J connectivity index is 1.38. The number of carbonyl (C=O) groups is 1. The first kappa shape index (κ1) is 19.9. The van der Waals surface area contributed by atoms with Crippen molar-refractivity contribution >= 4 is 17.7 Å². The van der Waals surface area contributed by atoms with Crippen LogP contribution < -0.4 is 5.32 Å². The lowest BCUT2D eigenvalue weighted by Crippen LogP contribution is -2.31. The lowest BCUT2D eigenvalue weighted by molar-refractivity contribution is -0.00293. The van der Waals surface area contributed by atoms with Crippen molar-refractivity contribution in [2.24, 2.45) is 5.92 Å². The van der Waals surface area contributed by atoms with E-state index in [0.29, 0.717) is 30.7 Å². The average molecular weight is 385 g/mol. The van der Waals surface area contributed by atoms with Gasteiger partial charge in [0, 0.05) is 35.2 Å². The van der Waals surface area contributed by atoms with Gasteiger partial charge in [0.2, 0.25) is 0 Å². The largest absolute Gasteiger partial charge is 0.376 e. The zero-order valence-corrected chi connectivity index (χ0v) is 16.7. The van der Waals surface area contributed by atoms with Crippen LogP contribution in [0, 0.1) is 5.92 Å². The van der Waals surface area contributed by atoms with E-state index in [1.807, 2.05) is 36.5 Å². The van der Waals surface area contributed by atoms with Crippen LogP contribution in [0.5, 0.6) is 0 Å². The monoisotopic (exact) mass is 384 g/mol. The lowest BCUT2D eigenvalue weighted by Gasteiger charge is -2.28. The standard InChI is InChI=1S/C22H28N2O2S/c1-17-5-2-3-7-21(17)26-14-13-24-22(25)19-8-10-20(11-9-19)27-16-18-6-4-12-23-15-18/h4,6,8-12,15,17,21H,2-3,5,7,13-14,16H2,1H3,(H,24,25)/t17-,21-/m1/s1. The molecule has 1 fully saturated rings. The van der Waals surface area contributed by atoms with Crippen LogP contribution in [0.4, 0.5) is 0 Å². The van der Waals surface area contributed by atoms with Crippen molar-refractivity contribution in [2.75, 3.05) is 13.2 Å². The molecule has 3 rings (SSSR count). The van der Waals surface area contributed by atoms with Crippen molar-refractivity contribution in [1.82, 2.24) is 10.3 Å². The molecule has 1 aliphatic carbocycles. The summed E-state index contributed by atoms with van der Waals surface area (Å²) in [5, 5.41) is 2.95. The maximum Gasteiger partial charge on any atom is 0.251 e. The minimum atomic E-state index is -0.0425. The van der Waals surface area contributed by atoms with Gasteiger partial charge >= 0.3 is 0 Å². The van der Waals surface area contributed by atoms with Gasteiger partial charge in [-0.1, -0.05) is 25.8 Å². The first-order chi connectivity index (χ1) is 13.2. The third-order valence-electron chi connectivity index (χ3n) is 5.00. The van der Waals surface area contributed by atoms with Gasteiger partial charge in [-0.2, -0.15) is 0 Å². The number of carbonyl (C=O) groups excluding carboxylic acids is 1. The molecule has 1 aliphatic rings. The maximum absolute atomic E-state index is 12.3. The second-order valence-electron chi connectivity index (χ2n) is 7.10. The highest BCUT2D eigenvalue weighted by atomic mass is 32.2. The molecule has 1 heterocycles. The van der Waals surface area contributed by atoms with E-state index in [2.05, 4.69) is 23.3 Å². The minimum absolute atomic E-state index is 0.0425. The topological polar surface area (TPSA) is 51.2 Å². The molecule has 1 N–H and O–H groups in total. The molecule has 1 aromatic carbocycles. The number of benzene rings is 1. The number of rotatable bonds is 8. The highest BCUT2D eigenvalue weighted by molar-refractivity contribution is 7.98. The highest BCUT2D eigenvalue weighted by Gasteiger charge is 2.21. The van der Waals surface area contributed by atoms with Crippen molar-refractivity contribution in [2.45, 2.75) is 49.4 Å². The molecule has 1 amide bonds. The third kappa shape index (κ3) is 6.36. The Morgan fingerprint density at radius 1 is 1.22 bits per heavy atom. The van der Waals surface area contributed by atoms with Gasteiger partial charge in [-0.05, 0) is 54.7 Å². The van der Waals surface area contributed by atoms with E-state index in [0.717, 1.165) is 17.1 Å². The van der Waals surface area contributed by atoms with E-state index >= 15 is 0 Å². The predicted molar refractivity (Wildman–Crippen MR) is 110 cm³/mol. The zero-order chi connectivity index (χ0) is 18.9. The number of pyridine rings is 1. The fraction of sp³-hybridized carbons (Fsp3) is 0.455. The van der Waals surface area contributed by atoms with Crippen LogP contribution in [0.15, 0.2) is 53.7 Å². The molecule has 144 valence electrons. The quantitative estimate of drug-likeness (QED) is 0.529. The van der Waals surface area contributed by atoms with E-state index in [-0.39, 0.29) is 5.91 Å². The van der Waals surface area contributed by atoms with Crippen molar-refractivity contribution in [3.63, 3.8) is 0 Å². The number of hydrogen-bond acceptors (Lipinski definition) is 4. The number of hydrogen-bond donors (Lipinski definition) is 1. The number of nitrogens with zero attached hydrogens (tertiary/aromatic N) is 1. The summed E-state index contributed by atoms with van der Waals surface area (Å²) >= 11 is 1.74. The van der Waals surface area contributed by atoms with E-state index < -0.39 is 0 Å². The molecule has 0 saturated heterocycles. The van der Waals surface area contributed by atoms with Gasteiger partial charge < -0.3 is 10.1 Å². The molecule has 5 heteroatoms. The van der Waals surface area contributed by atoms with E-state index in [1.165, 1.54) is 24.8 Å². The Labute approximate surface area is 166 Å². The van der Waals surface area contributed by atoms with Gasteiger partial charge in [0.25, 0.3) is 5.91 Å². The van der Waals surface area contributed by atoms with E-state index in [1.54, 1.807) is 18.0 Å². The number of amides is 1. The summed E-state index contributed by atoms with van der Waals surface area (Å²) in [6, 6.07) is 11.8.